The molecule has 2 N–H and O–H groups in total. The van der Waals surface area contributed by atoms with Crippen molar-refractivity contribution in [1.82, 2.24) is 13.9 Å². The van der Waals surface area contributed by atoms with Gasteiger partial charge in [-0.05, 0) is 43.9 Å². The summed E-state index contributed by atoms with van der Waals surface area (Å²) in [6.07, 6.45) is 4.13. The molecule has 0 unspecified atom stereocenters. The number of imidazole rings is 1. The Morgan fingerprint density at radius 3 is 2.38 bits per heavy atom. The summed E-state index contributed by atoms with van der Waals surface area (Å²) in [7, 11) is -4.40. The number of anilines is 2. The first kappa shape index (κ1) is 26.2. The van der Waals surface area contributed by atoms with Crippen molar-refractivity contribution in [2.24, 2.45) is 0 Å². The van der Waals surface area contributed by atoms with Crippen molar-refractivity contribution >= 4 is 39.4 Å². The summed E-state index contributed by atoms with van der Waals surface area (Å²) in [5.41, 5.74) is -0.610. The van der Waals surface area contributed by atoms with Crippen molar-refractivity contribution in [2.45, 2.75) is 42.7 Å². The van der Waals surface area contributed by atoms with Crippen LogP contribution in [0.5, 0.6) is 0 Å². The van der Waals surface area contributed by atoms with E-state index in [0.717, 1.165) is 10.4 Å². The van der Waals surface area contributed by atoms with Crippen molar-refractivity contribution in [3.8, 4) is 0 Å². The fraction of sp³-hybridized carbons (Fsp3) is 0.250. The number of amides is 3. The van der Waals surface area contributed by atoms with Crippen molar-refractivity contribution in [2.75, 3.05) is 10.6 Å². The summed E-state index contributed by atoms with van der Waals surface area (Å²) in [5, 5.41) is 4.69. The highest BCUT2D eigenvalue weighted by atomic mass is 32.2. The predicted octanol–water partition coefficient (Wildman–Crippen LogP) is 4.09. The average molecular weight is 564 g/mol. The Morgan fingerprint density at radius 2 is 1.74 bits per heavy atom. The minimum absolute atomic E-state index is 0.0466. The number of fused-ring (bicyclic) bond motifs is 1. The fourth-order valence-electron chi connectivity index (χ4n) is 4.53. The molecule has 39 heavy (non-hydrogen) atoms. The van der Waals surface area contributed by atoms with Crippen LogP contribution >= 0.6 is 0 Å². The number of rotatable bonds is 4. The van der Waals surface area contributed by atoms with Gasteiger partial charge in [-0.15, -0.1) is 0 Å². The Bertz CT molecular complexity index is 1550. The van der Waals surface area contributed by atoms with Gasteiger partial charge < -0.3 is 15.4 Å². The number of benzene rings is 2. The first-order valence-electron chi connectivity index (χ1n) is 11.7. The Morgan fingerprint density at radius 1 is 1.05 bits per heavy atom. The maximum Gasteiger partial charge on any atom is 0.419 e. The average Bonchev–Trinajstić information content (AvgIpc) is 3.43. The first-order valence-corrected chi connectivity index (χ1v) is 13.1. The molecule has 0 radical (unpaired) electrons. The number of nitrogens with zero attached hydrogens (tertiary/aromatic N) is 3. The zero-order valence-corrected chi connectivity index (χ0v) is 20.8. The Balaban J connectivity index is 1.31. The highest BCUT2D eigenvalue weighted by Crippen LogP contribution is 2.36. The smallest absolute Gasteiger partial charge is 0.419 e. The van der Waals surface area contributed by atoms with Crippen LogP contribution < -0.4 is 10.6 Å². The van der Waals surface area contributed by atoms with Crippen LogP contribution in [0.25, 0.3) is 0 Å². The number of carbonyl (C=O) groups is 3. The lowest BCUT2D eigenvalue weighted by molar-refractivity contribution is 0.0643. The molecule has 1 aliphatic carbocycles. The number of carbonyl (C=O) groups excluding carboxylic acids is 3. The zero-order chi connectivity index (χ0) is 27.9. The van der Waals surface area contributed by atoms with Gasteiger partial charge in [0.15, 0.2) is 17.5 Å². The first-order chi connectivity index (χ1) is 18.5. The predicted molar refractivity (Wildman–Crippen MR) is 129 cm³/mol. The van der Waals surface area contributed by atoms with Crippen molar-refractivity contribution < 1.29 is 40.7 Å². The van der Waals surface area contributed by atoms with E-state index in [0.29, 0.717) is 25.0 Å². The van der Waals surface area contributed by atoms with E-state index >= 15 is 0 Å². The molecule has 1 aromatic heterocycles. The van der Waals surface area contributed by atoms with Gasteiger partial charge in [0.25, 0.3) is 15.9 Å². The summed E-state index contributed by atoms with van der Waals surface area (Å²) >= 11 is 0. The standard InChI is InChI=1S/C24H20F3N5O6S/c25-17-10-14(11-18(26)21(17)27)29-22(33)13-1-6-19-20(9-13)39(36,37)32(23(34)30-19)15-2-4-16(5-3-15)38-24(35)31-8-7-28-12-31/h1,6-12,15-16H,2-5H2,(H,29,33)(H,30,34). The molecule has 2 aliphatic rings. The molecule has 3 aromatic rings. The molecule has 1 saturated carbocycles. The summed E-state index contributed by atoms with van der Waals surface area (Å²) in [6.45, 7) is 0. The zero-order valence-electron chi connectivity index (χ0n) is 19.9. The van der Waals surface area contributed by atoms with E-state index < -0.39 is 57.7 Å². The number of urea groups is 1. The SMILES string of the molecule is O=C(Nc1cc(F)c(F)c(F)c1)c1ccc2c(c1)S(=O)(=O)N(C1CCC(OC(=O)n3ccnc3)CC1)C(=O)N2. The quantitative estimate of drug-likeness (QED) is 0.456. The Hall–Kier alpha value is -4.40. The van der Waals surface area contributed by atoms with Crippen LogP contribution in [0.3, 0.4) is 0 Å². The van der Waals surface area contributed by atoms with E-state index in [9.17, 15) is 36.0 Å². The maximum absolute atomic E-state index is 13.5. The minimum Gasteiger partial charge on any atom is -0.446 e. The van der Waals surface area contributed by atoms with Crippen LogP contribution in [0.1, 0.15) is 36.0 Å². The highest BCUT2D eigenvalue weighted by Gasteiger charge is 2.43. The molecule has 11 nitrogen and oxygen atoms in total. The maximum atomic E-state index is 13.5. The van der Waals surface area contributed by atoms with Gasteiger partial charge >= 0.3 is 12.1 Å². The Kier molecular flexibility index (Phi) is 6.76. The second kappa shape index (κ2) is 10.1. The molecule has 204 valence electrons. The number of halogens is 3. The topological polar surface area (TPSA) is 140 Å². The number of ether oxygens (including phenoxy) is 1. The van der Waals surface area contributed by atoms with Crippen LogP contribution in [0.4, 0.5) is 34.1 Å². The number of aromatic nitrogens is 2. The van der Waals surface area contributed by atoms with Gasteiger partial charge in [0.1, 0.15) is 17.3 Å². The molecule has 2 heterocycles. The molecule has 1 fully saturated rings. The summed E-state index contributed by atoms with van der Waals surface area (Å²) in [6, 6.07) is 3.03. The lowest BCUT2D eigenvalue weighted by Gasteiger charge is -2.38. The summed E-state index contributed by atoms with van der Waals surface area (Å²) in [5.74, 6) is -5.64. The summed E-state index contributed by atoms with van der Waals surface area (Å²) < 4.78 is 74.5. The fourth-order valence-corrected chi connectivity index (χ4v) is 6.28. The third kappa shape index (κ3) is 5.04. The second-order valence-corrected chi connectivity index (χ2v) is 10.7. The van der Waals surface area contributed by atoms with Crippen molar-refractivity contribution in [1.29, 1.82) is 0 Å². The van der Waals surface area contributed by atoms with Gasteiger partial charge in [-0.1, -0.05) is 0 Å². The molecule has 1 aliphatic heterocycles. The van der Waals surface area contributed by atoms with E-state index in [-0.39, 0.29) is 34.7 Å². The molecular formula is C24H20F3N5O6S. The van der Waals surface area contributed by atoms with Gasteiger partial charge in [0.05, 0.1) is 11.7 Å². The van der Waals surface area contributed by atoms with Crippen molar-refractivity contribution in [3.63, 3.8) is 0 Å². The molecule has 15 heteroatoms. The molecule has 5 rings (SSSR count). The second-order valence-electron chi connectivity index (χ2n) is 8.93. The normalized spacial score (nSPS) is 20.1. The van der Waals surface area contributed by atoms with Crippen LogP contribution in [-0.4, -0.2) is 52.5 Å². The minimum atomic E-state index is -4.40. The van der Waals surface area contributed by atoms with Crippen LogP contribution in [-0.2, 0) is 14.8 Å². The van der Waals surface area contributed by atoms with E-state index in [1.165, 1.54) is 35.4 Å². The van der Waals surface area contributed by atoms with E-state index in [1.54, 1.807) is 0 Å². The van der Waals surface area contributed by atoms with Gasteiger partial charge in [0, 0.05) is 35.8 Å². The number of nitrogens with one attached hydrogen (secondary N) is 2. The highest BCUT2D eigenvalue weighted by molar-refractivity contribution is 7.90. The number of sulfonamides is 1. The molecule has 0 saturated heterocycles. The van der Waals surface area contributed by atoms with Gasteiger partial charge in [-0.2, -0.15) is 0 Å². The summed E-state index contributed by atoms with van der Waals surface area (Å²) in [4.78, 5) is 41.1. The van der Waals surface area contributed by atoms with Gasteiger partial charge in [-0.25, -0.2) is 45.0 Å². The van der Waals surface area contributed by atoms with Crippen molar-refractivity contribution in [3.05, 3.63) is 72.1 Å². The molecule has 3 amide bonds. The molecular weight excluding hydrogens is 543 g/mol. The molecule has 0 spiro atoms. The number of hydrogen-bond acceptors (Lipinski definition) is 7. The van der Waals surface area contributed by atoms with Gasteiger partial charge in [0.2, 0.25) is 0 Å². The monoisotopic (exact) mass is 563 g/mol. The van der Waals surface area contributed by atoms with E-state index in [4.69, 9.17) is 4.74 Å². The van der Waals surface area contributed by atoms with E-state index in [2.05, 4.69) is 15.6 Å². The third-order valence-corrected chi connectivity index (χ3v) is 8.30. The molecule has 0 atom stereocenters. The van der Waals surface area contributed by atoms with Gasteiger partial charge in [-0.3, -0.25) is 4.79 Å². The van der Waals surface area contributed by atoms with E-state index in [1.807, 2.05) is 0 Å². The molecule has 0 bridgehead atoms. The van der Waals surface area contributed by atoms with Crippen LogP contribution in [0.2, 0.25) is 0 Å². The number of hydrogen-bond donors (Lipinski definition) is 2. The van der Waals surface area contributed by atoms with Crippen LogP contribution in [0.15, 0.2) is 53.9 Å². The lowest BCUT2D eigenvalue weighted by atomic mass is 9.93. The van der Waals surface area contributed by atoms with Crippen LogP contribution in [0, 0.1) is 17.5 Å². The lowest BCUT2D eigenvalue weighted by Crippen LogP contribution is -2.51. The molecule has 2 aromatic carbocycles. The third-order valence-electron chi connectivity index (χ3n) is 6.42. The largest absolute Gasteiger partial charge is 0.446 e. The Labute approximate surface area is 219 Å².